The number of fused-ring (bicyclic) bond motifs is 1. The molecule has 27 heavy (non-hydrogen) atoms. The molecule has 0 aliphatic heterocycles. The highest BCUT2D eigenvalue weighted by atomic mass is 32.1. The lowest BCUT2D eigenvalue weighted by Crippen LogP contribution is -2.09. The molecular weight excluding hydrogens is 356 g/mol. The van der Waals surface area contributed by atoms with Gasteiger partial charge in [0.05, 0.1) is 12.7 Å². The molecule has 2 N–H and O–H groups in total. The van der Waals surface area contributed by atoms with Crippen LogP contribution in [0.4, 0.5) is 0 Å². The van der Waals surface area contributed by atoms with Crippen molar-refractivity contribution in [3.8, 4) is 17.6 Å². The molecule has 4 nitrogen and oxygen atoms in total. The van der Waals surface area contributed by atoms with Crippen LogP contribution in [-0.2, 0) is 6.61 Å². The Morgan fingerprint density at radius 1 is 1.11 bits per heavy atom. The molecule has 0 unspecified atom stereocenters. The number of ether oxygens (including phenoxy) is 2. The predicted molar refractivity (Wildman–Crippen MR) is 112 cm³/mol. The number of benzene rings is 3. The highest BCUT2D eigenvalue weighted by Crippen LogP contribution is 2.30. The van der Waals surface area contributed by atoms with Crippen LogP contribution in [0.15, 0.2) is 66.2 Å². The van der Waals surface area contributed by atoms with E-state index in [1.54, 1.807) is 19.3 Å². The standard InChI is InChI=1S/C22H18N2O2S/c1-25-21-12-15(11-18(13-23)22(24)27)9-10-20(21)26-14-17-7-4-6-16-5-2-3-8-19(16)17/h2-12H,14H2,1H3,(H2,24,27)/b18-11+. The fraction of sp³-hybridized carbons (Fsp3) is 0.0909. The minimum atomic E-state index is 0.0627. The maximum Gasteiger partial charge on any atom is 0.161 e. The van der Waals surface area contributed by atoms with E-state index in [0.717, 1.165) is 16.5 Å². The highest BCUT2D eigenvalue weighted by molar-refractivity contribution is 7.80. The van der Waals surface area contributed by atoms with Gasteiger partial charge < -0.3 is 15.2 Å². The van der Waals surface area contributed by atoms with E-state index in [9.17, 15) is 0 Å². The van der Waals surface area contributed by atoms with E-state index in [0.29, 0.717) is 18.1 Å². The van der Waals surface area contributed by atoms with E-state index in [1.807, 2.05) is 42.5 Å². The number of nitrogens with zero attached hydrogens (tertiary/aromatic N) is 1. The monoisotopic (exact) mass is 374 g/mol. The second-order valence-electron chi connectivity index (χ2n) is 5.87. The lowest BCUT2D eigenvalue weighted by atomic mass is 10.1. The Morgan fingerprint density at radius 2 is 1.89 bits per heavy atom. The zero-order chi connectivity index (χ0) is 19.2. The van der Waals surface area contributed by atoms with Crippen molar-refractivity contribution in [1.29, 1.82) is 5.26 Å². The molecular formula is C22H18N2O2S. The Labute approximate surface area is 163 Å². The summed E-state index contributed by atoms with van der Waals surface area (Å²) in [5.74, 6) is 1.20. The van der Waals surface area contributed by atoms with Gasteiger partial charge in [0, 0.05) is 0 Å². The third-order valence-corrected chi connectivity index (χ3v) is 4.37. The molecule has 0 amide bonds. The van der Waals surface area contributed by atoms with Crippen molar-refractivity contribution in [2.45, 2.75) is 6.61 Å². The summed E-state index contributed by atoms with van der Waals surface area (Å²) in [7, 11) is 1.58. The summed E-state index contributed by atoms with van der Waals surface area (Å²) in [4.78, 5) is 0.0627. The van der Waals surface area contributed by atoms with Gasteiger partial charge >= 0.3 is 0 Å². The summed E-state index contributed by atoms with van der Waals surface area (Å²) in [5.41, 5.74) is 7.64. The molecule has 0 saturated heterocycles. The zero-order valence-electron chi connectivity index (χ0n) is 14.8. The summed E-state index contributed by atoms with van der Waals surface area (Å²) in [6.07, 6.45) is 1.62. The molecule has 0 aliphatic rings. The highest BCUT2D eigenvalue weighted by Gasteiger charge is 2.08. The van der Waals surface area contributed by atoms with E-state index in [1.165, 1.54) is 5.39 Å². The van der Waals surface area contributed by atoms with Crippen LogP contribution in [0.5, 0.6) is 11.5 Å². The molecule has 0 aromatic heterocycles. The molecule has 3 rings (SSSR count). The molecule has 0 atom stereocenters. The topological polar surface area (TPSA) is 68.3 Å². The Balaban J connectivity index is 1.85. The van der Waals surface area contributed by atoms with Crippen molar-refractivity contribution in [1.82, 2.24) is 0 Å². The molecule has 0 heterocycles. The molecule has 134 valence electrons. The van der Waals surface area contributed by atoms with Crippen molar-refractivity contribution < 1.29 is 9.47 Å². The van der Waals surface area contributed by atoms with Crippen LogP contribution in [-0.4, -0.2) is 12.1 Å². The predicted octanol–water partition coefficient (Wildman–Crippen LogP) is 4.62. The molecule has 0 spiro atoms. The number of nitrogens with two attached hydrogens (primary N) is 1. The lowest BCUT2D eigenvalue weighted by Gasteiger charge is -2.13. The fourth-order valence-corrected chi connectivity index (χ4v) is 2.90. The average Bonchev–Trinajstić information content (AvgIpc) is 2.70. The molecule has 3 aromatic carbocycles. The van der Waals surface area contributed by atoms with Gasteiger partial charge in [-0.3, -0.25) is 0 Å². The van der Waals surface area contributed by atoms with Gasteiger partial charge in [0.25, 0.3) is 0 Å². The second kappa shape index (κ2) is 8.35. The first kappa shape index (κ1) is 18.4. The summed E-state index contributed by atoms with van der Waals surface area (Å²) in [6, 6.07) is 21.8. The van der Waals surface area contributed by atoms with Gasteiger partial charge in [-0.05, 0) is 40.1 Å². The first-order valence-corrected chi connectivity index (χ1v) is 8.72. The van der Waals surface area contributed by atoms with Gasteiger partial charge in [-0.25, -0.2) is 0 Å². The first-order valence-electron chi connectivity index (χ1n) is 8.31. The number of thiocarbonyl (C=S) groups is 1. The molecule has 0 saturated carbocycles. The van der Waals surface area contributed by atoms with Crippen molar-refractivity contribution in [2.24, 2.45) is 5.73 Å². The normalized spacial score (nSPS) is 11.0. The van der Waals surface area contributed by atoms with Crippen LogP contribution in [0.1, 0.15) is 11.1 Å². The van der Waals surface area contributed by atoms with E-state index in [4.69, 9.17) is 32.7 Å². The van der Waals surface area contributed by atoms with Crippen LogP contribution < -0.4 is 15.2 Å². The molecule has 0 fully saturated rings. The number of hydrogen-bond donors (Lipinski definition) is 1. The van der Waals surface area contributed by atoms with Gasteiger partial charge in [-0.15, -0.1) is 0 Å². The average molecular weight is 374 g/mol. The minimum absolute atomic E-state index is 0.0627. The second-order valence-corrected chi connectivity index (χ2v) is 6.31. The van der Waals surface area contributed by atoms with Crippen LogP contribution in [0, 0.1) is 11.3 Å². The van der Waals surface area contributed by atoms with Gasteiger partial charge in [-0.2, -0.15) is 5.26 Å². The molecule has 0 bridgehead atoms. The summed E-state index contributed by atoms with van der Waals surface area (Å²) >= 11 is 4.87. The van der Waals surface area contributed by atoms with Gasteiger partial charge in [-0.1, -0.05) is 60.7 Å². The summed E-state index contributed by atoms with van der Waals surface area (Å²) < 4.78 is 11.4. The molecule has 0 radical (unpaired) electrons. The Morgan fingerprint density at radius 3 is 2.63 bits per heavy atom. The zero-order valence-corrected chi connectivity index (χ0v) is 15.6. The summed E-state index contributed by atoms with van der Waals surface area (Å²) in [6.45, 7) is 0.420. The van der Waals surface area contributed by atoms with Crippen molar-refractivity contribution in [3.05, 3.63) is 77.4 Å². The minimum Gasteiger partial charge on any atom is -0.493 e. The van der Waals surface area contributed by atoms with Crippen molar-refractivity contribution >= 4 is 34.1 Å². The van der Waals surface area contributed by atoms with E-state index in [2.05, 4.69) is 18.2 Å². The third kappa shape index (κ3) is 4.25. The Hall–Kier alpha value is -3.36. The van der Waals surface area contributed by atoms with Gasteiger partial charge in [0.2, 0.25) is 0 Å². The Bertz CT molecular complexity index is 1060. The first-order chi connectivity index (χ1) is 13.1. The van der Waals surface area contributed by atoms with E-state index in [-0.39, 0.29) is 10.6 Å². The summed E-state index contributed by atoms with van der Waals surface area (Å²) in [5, 5.41) is 11.4. The number of methoxy groups -OCH3 is 1. The SMILES string of the molecule is COc1cc(/C=C(\C#N)C(N)=S)ccc1OCc1cccc2ccccc12. The quantitative estimate of drug-likeness (QED) is 0.387. The van der Waals surface area contributed by atoms with E-state index < -0.39 is 0 Å². The van der Waals surface area contributed by atoms with E-state index >= 15 is 0 Å². The smallest absolute Gasteiger partial charge is 0.161 e. The molecule has 0 aliphatic carbocycles. The van der Waals surface area contributed by atoms with Crippen LogP contribution in [0.2, 0.25) is 0 Å². The lowest BCUT2D eigenvalue weighted by molar-refractivity contribution is 0.285. The largest absolute Gasteiger partial charge is 0.493 e. The van der Waals surface area contributed by atoms with Gasteiger partial charge in [0.1, 0.15) is 17.7 Å². The van der Waals surface area contributed by atoms with Crippen LogP contribution in [0.25, 0.3) is 16.8 Å². The Kier molecular flexibility index (Phi) is 5.70. The van der Waals surface area contributed by atoms with Crippen LogP contribution >= 0.6 is 12.2 Å². The maximum atomic E-state index is 9.09. The number of hydrogen-bond acceptors (Lipinski definition) is 4. The van der Waals surface area contributed by atoms with Crippen molar-refractivity contribution in [3.63, 3.8) is 0 Å². The molecule has 3 aromatic rings. The molecule has 5 heteroatoms. The fourth-order valence-electron chi connectivity index (χ4n) is 2.79. The van der Waals surface area contributed by atoms with Gasteiger partial charge in [0.15, 0.2) is 11.5 Å². The number of rotatable bonds is 6. The number of nitriles is 1. The maximum absolute atomic E-state index is 9.09. The van der Waals surface area contributed by atoms with Crippen molar-refractivity contribution in [2.75, 3.05) is 7.11 Å². The van der Waals surface area contributed by atoms with Crippen LogP contribution in [0.3, 0.4) is 0 Å². The third-order valence-electron chi connectivity index (χ3n) is 4.15.